The summed E-state index contributed by atoms with van der Waals surface area (Å²) in [5, 5.41) is 19.8. The van der Waals surface area contributed by atoms with E-state index in [-0.39, 0.29) is 17.2 Å². The van der Waals surface area contributed by atoms with E-state index in [1.54, 1.807) is 42.5 Å². The standard InChI is InChI=1S/C15H15NO4/c17-11-12-5-7-14(8-6-12)20-10-9-13-3-1-2-4-15(13)16(18)19/h1-8,17H,9-11H2. The summed E-state index contributed by atoms with van der Waals surface area (Å²) in [6, 6.07) is 13.7. The van der Waals surface area contributed by atoms with Gasteiger partial charge < -0.3 is 9.84 Å². The number of aliphatic hydroxyl groups excluding tert-OH is 1. The quantitative estimate of drug-likeness (QED) is 0.648. The van der Waals surface area contributed by atoms with Gasteiger partial charge in [-0.15, -0.1) is 0 Å². The molecule has 0 spiro atoms. The molecule has 0 fully saturated rings. The lowest BCUT2D eigenvalue weighted by Gasteiger charge is -2.07. The lowest BCUT2D eigenvalue weighted by molar-refractivity contribution is -0.385. The molecule has 0 unspecified atom stereocenters. The van der Waals surface area contributed by atoms with Crippen LogP contribution in [0.25, 0.3) is 0 Å². The molecule has 0 radical (unpaired) electrons. The van der Waals surface area contributed by atoms with Crippen molar-refractivity contribution in [1.82, 2.24) is 0 Å². The van der Waals surface area contributed by atoms with Crippen molar-refractivity contribution in [2.45, 2.75) is 13.0 Å². The predicted molar refractivity (Wildman–Crippen MR) is 74.7 cm³/mol. The first-order valence-corrected chi connectivity index (χ1v) is 6.25. The lowest BCUT2D eigenvalue weighted by Crippen LogP contribution is -2.04. The van der Waals surface area contributed by atoms with E-state index >= 15 is 0 Å². The number of nitro benzene ring substituents is 1. The average molecular weight is 273 g/mol. The summed E-state index contributed by atoms with van der Waals surface area (Å²) in [4.78, 5) is 10.5. The predicted octanol–water partition coefficient (Wildman–Crippen LogP) is 2.71. The number of nitro groups is 1. The Morgan fingerprint density at radius 1 is 1.10 bits per heavy atom. The summed E-state index contributed by atoms with van der Waals surface area (Å²) < 4.78 is 5.54. The highest BCUT2D eigenvalue weighted by molar-refractivity contribution is 5.39. The third kappa shape index (κ3) is 3.55. The third-order valence-corrected chi connectivity index (χ3v) is 2.93. The van der Waals surface area contributed by atoms with Gasteiger partial charge in [0, 0.05) is 18.1 Å². The summed E-state index contributed by atoms with van der Waals surface area (Å²) >= 11 is 0. The van der Waals surface area contributed by atoms with Gasteiger partial charge in [-0.1, -0.05) is 30.3 Å². The first kappa shape index (κ1) is 14.0. The van der Waals surface area contributed by atoms with Crippen molar-refractivity contribution in [3.05, 3.63) is 69.8 Å². The molecule has 0 aliphatic carbocycles. The van der Waals surface area contributed by atoms with Gasteiger partial charge in [-0.05, 0) is 17.7 Å². The van der Waals surface area contributed by atoms with E-state index in [2.05, 4.69) is 0 Å². The number of rotatable bonds is 6. The van der Waals surface area contributed by atoms with Crippen LogP contribution in [0.5, 0.6) is 5.75 Å². The second-order valence-electron chi connectivity index (χ2n) is 4.29. The minimum absolute atomic E-state index is 0.00348. The summed E-state index contributed by atoms with van der Waals surface area (Å²) in [5.74, 6) is 0.681. The van der Waals surface area contributed by atoms with Crippen molar-refractivity contribution < 1.29 is 14.8 Å². The van der Waals surface area contributed by atoms with Crippen LogP contribution in [0, 0.1) is 10.1 Å². The highest BCUT2D eigenvalue weighted by Crippen LogP contribution is 2.19. The highest BCUT2D eigenvalue weighted by Gasteiger charge is 2.11. The highest BCUT2D eigenvalue weighted by atomic mass is 16.6. The fraction of sp³-hybridized carbons (Fsp3) is 0.200. The number of hydrogen-bond acceptors (Lipinski definition) is 4. The Morgan fingerprint density at radius 3 is 2.45 bits per heavy atom. The summed E-state index contributed by atoms with van der Waals surface area (Å²) in [7, 11) is 0. The maximum Gasteiger partial charge on any atom is 0.272 e. The number of benzene rings is 2. The SMILES string of the molecule is O=[N+]([O-])c1ccccc1CCOc1ccc(CO)cc1. The van der Waals surface area contributed by atoms with Crippen LogP contribution in [0.4, 0.5) is 5.69 Å². The molecule has 0 atom stereocenters. The van der Waals surface area contributed by atoms with Gasteiger partial charge in [-0.25, -0.2) is 0 Å². The fourth-order valence-electron chi connectivity index (χ4n) is 1.87. The number of nitrogens with zero attached hydrogens (tertiary/aromatic N) is 1. The molecule has 0 aromatic heterocycles. The Kier molecular flexibility index (Phi) is 4.68. The molecule has 104 valence electrons. The van der Waals surface area contributed by atoms with E-state index in [0.717, 1.165) is 5.56 Å². The van der Waals surface area contributed by atoms with Crippen molar-refractivity contribution in [2.24, 2.45) is 0 Å². The van der Waals surface area contributed by atoms with Gasteiger partial charge in [0.2, 0.25) is 0 Å². The molecule has 0 amide bonds. The van der Waals surface area contributed by atoms with E-state index in [4.69, 9.17) is 9.84 Å². The van der Waals surface area contributed by atoms with Crippen molar-refractivity contribution in [1.29, 1.82) is 0 Å². The molecule has 0 aliphatic rings. The van der Waals surface area contributed by atoms with E-state index in [9.17, 15) is 10.1 Å². The molecular formula is C15H15NO4. The molecule has 0 heterocycles. The monoisotopic (exact) mass is 273 g/mol. The molecule has 20 heavy (non-hydrogen) atoms. The minimum Gasteiger partial charge on any atom is -0.493 e. The number of ether oxygens (including phenoxy) is 1. The van der Waals surface area contributed by atoms with Crippen LogP contribution in [0.3, 0.4) is 0 Å². The molecule has 1 N–H and O–H groups in total. The summed E-state index contributed by atoms with van der Waals surface area (Å²) in [5.41, 5.74) is 1.59. The van der Waals surface area contributed by atoms with Crippen molar-refractivity contribution in [3.8, 4) is 5.75 Å². The molecule has 5 nitrogen and oxygen atoms in total. The first-order valence-electron chi connectivity index (χ1n) is 6.25. The van der Waals surface area contributed by atoms with E-state index < -0.39 is 0 Å². The fourth-order valence-corrected chi connectivity index (χ4v) is 1.87. The van der Waals surface area contributed by atoms with E-state index in [1.165, 1.54) is 6.07 Å². The summed E-state index contributed by atoms with van der Waals surface area (Å²) in [6.07, 6.45) is 0.471. The zero-order chi connectivity index (χ0) is 14.4. The average Bonchev–Trinajstić information content (AvgIpc) is 2.48. The molecule has 0 saturated heterocycles. The Hall–Kier alpha value is -2.40. The van der Waals surface area contributed by atoms with Gasteiger partial charge in [0.25, 0.3) is 5.69 Å². The Labute approximate surface area is 116 Å². The van der Waals surface area contributed by atoms with Crippen LogP contribution in [0.1, 0.15) is 11.1 Å². The van der Waals surface area contributed by atoms with Crippen LogP contribution in [-0.4, -0.2) is 16.6 Å². The lowest BCUT2D eigenvalue weighted by atomic mass is 10.1. The van der Waals surface area contributed by atoms with Crippen molar-refractivity contribution in [3.63, 3.8) is 0 Å². The Bertz CT molecular complexity index is 581. The van der Waals surface area contributed by atoms with Crippen LogP contribution in [0.15, 0.2) is 48.5 Å². The van der Waals surface area contributed by atoms with Gasteiger partial charge in [-0.2, -0.15) is 0 Å². The molecule has 5 heteroatoms. The Balaban J connectivity index is 1.94. The second kappa shape index (κ2) is 6.68. The normalized spacial score (nSPS) is 10.2. The first-order chi connectivity index (χ1) is 9.70. The molecule has 0 aliphatic heterocycles. The zero-order valence-electron chi connectivity index (χ0n) is 10.9. The third-order valence-electron chi connectivity index (χ3n) is 2.93. The van der Waals surface area contributed by atoms with Gasteiger partial charge in [-0.3, -0.25) is 10.1 Å². The van der Waals surface area contributed by atoms with Crippen LogP contribution >= 0.6 is 0 Å². The topological polar surface area (TPSA) is 72.6 Å². The molecule has 0 bridgehead atoms. The van der Waals surface area contributed by atoms with Crippen molar-refractivity contribution in [2.75, 3.05) is 6.61 Å². The molecule has 2 aromatic carbocycles. The Morgan fingerprint density at radius 2 is 1.80 bits per heavy atom. The molecule has 2 aromatic rings. The van der Waals surface area contributed by atoms with E-state index in [1.807, 2.05) is 0 Å². The maximum absolute atomic E-state index is 10.9. The molecule has 0 saturated carbocycles. The second-order valence-corrected chi connectivity index (χ2v) is 4.29. The smallest absolute Gasteiger partial charge is 0.272 e. The number of para-hydroxylation sites is 1. The van der Waals surface area contributed by atoms with Gasteiger partial charge in [0.15, 0.2) is 0 Å². The largest absolute Gasteiger partial charge is 0.493 e. The molecule has 2 rings (SSSR count). The zero-order valence-corrected chi connectivity index (χ0v) is 10.9. The molecular weight excluding hydrogens is 258 g/mol. The maximum atomic E-state index is 10.9. The number of aliphatic hydroxyl groups is 1. The van der Waals surface area contributed by atoms with E-state index in [0.29, 0.717) is 24.3 Å². The number of hydrogen-bond donors (Lipinski definition) is 1. The van der Waals surface area contributed by atoms with Gasteiger partial charge in [0.1, 0.15) is 5.75 Å². The van der Waals surface area contributed by atoms with Crippen LogP contribution in [0.2, 0.25) is 0 Å². The van der Waals surface area contributed by atoms with Crippen molar-refractivity contribution >= 4 is 5.69 Å². The van der Waals surface area contributed by atoms with Gasteiger partial charge in [0.05, 0.1) is 18.1 Å². The summed E-state index contributed by atoms with van der Waals surface area (Å²) in [6.45, 7) is 0.361. The van der Waals surface area contributed by atoms with Gasteiger partial charge >= 0.3 is 0 Å². The van der Waals surface area contributed by atoms with Crippen LogP contribution < -0.4 is 4.74 Å². The van der Waals surface area contributed by atoms with Crippen LogP contribution in [-0.2, 0) is 13.0 Å². The minimum atomic E-state index is -0.384.